The number of alkyl halides is 1. The molecule has 1 heterocycles. The van der Waals surface area contributed by atoms with Gasteiger partial charge in [0, 0.05) is 17.3 Å². The molecule has 0 bridgehead atoms. The molecule has 20 heavy (non-hydrogen) atoms. The van der Waals surface area contributed by atoms with Crippen molar-refractivity contribution in [3.8, 4) is 0 Å². The van der Waals surface area contributed by atoms with Crippen LogP contribution in [0, 0.1) is 5.92 Å². The highest BCUT2D eigenvalue weighted by molar-refractivity contribution is 6.18. The number of carbonyl (C=O) groups is 1. The molecular weight excluding hydrogens is 272 g/mol. The Hall–Kier alpha value is -1.61. The molecule has 1 amide bonds. The Balaban J connectivity index is 1.78. The van der Waals surface area contributed by atoms with E-state index in [1.807, 2.05) is 30.3 Å². The summed E-state index contributed by atoms with van der Waals surface area (Å²) in [6.07, 6.45) is 3.24. The number of para-hydroxylation sites is 1. The molecule has 1 aromatic heterocycles. The van der Waals surface area contributed by atoms with Crippen LogP contribution in [-0.2, 0) is 0 Å². The Morgan fingerprint density at radius 2 is 2.10 bits per heavy atom. The van der Waals surface area contributed by atoms with Gasteiger partial charge in [0.05, 0.1) is 5.52 Å². The summed E-state index contributed by atoms with van der Waals surface area (Å²) in [5.74, 6) is 0.898. The van der Waals surface area contributed by atoms with Crippen molar-refractivity contribution in [3.05, 3.63) is 42.1 Å². The molecule has 1 aliphatic carbocycles. The van der Waals surface area contributed by atoms with Crippen LogP contribution in [0.15, 0.2) is 36.4 Å². The van der Waals surface area contributed by atoms with Gasteiger partial charge in [-0.2, -0.15) is 0 Å². The van der Waals surface area contributed by atoms with E-state index in [0.29, 0.717) is 17.5 Å². The summed E-state index contributed by atoms with van der Waals surface area (Å²) in [5.41, 5.74) is 1.32. The fraction of sp³-hybridized carbons (Fsp3) is 0.375. The van der Waals surface area contributed by atoms with Gasteiger partial charge in [-0.3, -0.25) is 4.79 Å². The van der Waals surface area contributed by atoms with Gasteiger partial charge < -0.3 is 5.32 Å². The summed E-state index contributed by atoms with van der Waals surface area (Å²) in [7, 11) is 0. The molecule has 1 saturated carbocycles. The number of nitrogens with zero attached hydrogens (tertiary/aromatic N) is 1. The predicted octanol–water partition coefficient (Wildman–Crippen LogP) is 3.37. The summed E-state index contributed by atoms with van der Waals surface area (Å²) >= 11 is 5.94. The van der Waals surface area contributed by atoms with Crippen LogP contribution >= 0.6 is 11.6 Å². The number of nitrogens with one attached hydrogen (secondary N) is 1. The average Bonchev–Trinajstić information content (AvgIpc) is 2.94. The van der Waals surface area contributed by atoms with Crippen molar-refractivity contribution in [1.29, 1.82) is 0 Å². The second-order valence-corrected chi connectivity index (χ2v) is 5.62. The number of hydrogen-bond acceptors (Lipinski definition) is 2. The lowest BCUT2D eigenvalue weighted by atomic mass is 10.1. The van der Waals surface area contributed by atoms with E-state index in [4.69, 9.17) is 11.6 Å². The van der Waals surface area contributed by atoms with E-state index >= 15 is 0 Å². The molecule has 1 aliphatic rings. The van der Waals surface area contributed by atoms with Crippen LogP contribution in [0.3, 0.4) is 0 Å². The molecule has 1 N–H and O–H groups in total. The monoisotopic (exact) mass is 288 g/mol. The number of benzene rings is 1. The van der Waals surface area contributed by atoms with Crippen molar-refractivity contribution in [2.75, 3.05) is 5.88 Å². The third-order valence-electron chi connectivity index (χ3n) is 4.00. The quantitative estimate of drug-likeness (QED) is 0.880. The summed E-state index contributed by atoms with van der Waals surface area (Å²) in [4.78, 5) is 16.7. The zero-order valence-corrected chi connectivity index (χ0v) is 11.9. The van der Waals surface area contributed by atoms with E-state index in [2.05, 4.69) is 10.3 Å². The minimum absolute atomic E-state index is 0.0993. The molecule has 3 nitrogen and oxygen atoms in total. The van der Waals surface area contributed by atoms with Gasteiger partial charge >= 0.3 is 0 Å². The molecule has 4 heteroatoms. The van der Waals surface area contributed by atoms with Gasteiger partial charge in [0.15, 0.2) is 0 Å². The number of aromatic nitrogens is 1. The third kappa shape index (κ3) is 2.63. The number of halogens is 1. The Morgan fingerprint density at radius 3 is 2.95 bits per heavy atom. The molecule has 0 spiro atoms. The number of amides is 1. The van der Waals surface area contributed by atoms with E-state index in [1.54, 1.807) is 6.07 Å². The van der Waals surface area contributed by atoms with Crippen LogP contribution < -0.4 is 5.32 Å². The van der Waals surface area contributed by atoms with Gasteiger partial charge in [0.1, 0.15) is 5.69 Å². The van der Waals surface area contributed by atoms with E-state index in [1.165, 1.54) is 0 Å². The van der Waals surface area contributed by atoms with Crippen molar-refractivity contribution < 1.29 is 4.79 Å². The molecule has 104 valence electrons. The molecule has 0 radical (unpaired) electrons. The zero-order chi connectivity index (χ0) is 13.9. The second kappa shape index (κ2) is 5.80. The normalized spacial score (nSPS) is 22.1. The summed E-state index contributed by atoms with van der Waals surface area (Å²) < 4.78 is 0. The van der Waals surface area contributed by atoms with Crippen molar-refractivity contribution in [2.24, 2.45) is 5.92 Å². The Bertz CT molecular complexity index is 629. The summed E-state index contributed by atoms with van der Waals surface area (Å²) in [5, 5.41) is 4.12. The van der Waals surface area contributed by atoms with Crippen LogP contribution in [0.5, 0.6) is 0 Å². The standard InChI is InChI=1S/C16H17ClN2O/c17-10-12-5-3-7-14(12)19-16(20)15-9-8-11-4-1-2-6-13(11)18-15/h1-2,4,6,8-9,12,14H,3,5,7,10H2,(H,19,20). The van der Waals surface area contributed by atoms with Gasteiger partial charge in [0.2, 0.25) is 0 Å². The third-order valence-corrected chi connectivity index (χ3v) is 4.40. The summed E-state index contributed by atoms with van der Waals surface area (Å²) in [6, 6.07) is 11.7. The highest BCUT2D eigenvalue weighted by Crippen LogP contribution is 2.26. The average molecular weight is 289 g/mol. The first-order valence-electron chi connectivity index (χ1n) is 7.00. The highest BCUT2D eigenvalue weighted by Gasteiger charge is 2.28. The molecule has 1 fully saturated rings. The molecule has 0 saturated heterocycles. The maximum atomic E-state index is 12.3. The number of hydrogen-bond donors (Lipinski definition) is 1. The zero-order valence-electron chi connectivity index (χ0n) is 11.2. The summed E-state index contributed by atoms with van der Waals surface area (Å²) in [6.45, 7) is 0. The Kier molecular flexibility index (Phi) is 3.88. The SMILES string of the molecule is O=C(NC1CCCC1CCl)c1ccc2ccccc2n1. The minimum Gasteiger partial charge on any atom is -0.348 e. The van der Waals surface area contributed by atoms with Crippen molar-refractivity contribution in [1.82, 2.24) is 10.3 Å². The molecule has 2 unspecified atom stereocenters. The lowest BCUT2D eigenvalue weighted by molar-refractivity contribution is 0.0925. The van der Waals surface area contributed by atoms with Crippen LogP contribution in [0.4, 0.5) is 0 Å². The maximum absolute atomic E-state index is 12.3. The maximum Gasteiger partial charge on any atom is 0.270 e. The number of pyridine rings is 1. The van der Waals surface area contributed by atoms with E-state index in [9.17, 15) is 4.79 Å². The molecule has 1 aromatic carbocycles. The van der Waals surface area contributed by atoms with Crippen LogP contribution in [-0.4, -0.2) is 22.8 Å². The van der Waals surface area contributed by atoms with Crippen molar-refractivity contribution in [2.45, 2.75) is 25.3 Å². The first-order valence-corrected chi connectivity index (χ1v) is 7.54. The molecule has 3 rings (SSSR count). The second-order valence-electron chi connectivity index (χ2n) is 5.31. The van der Waals surface area contributed by atoms with Gasteiger partial charge in [-0.1, -0.05) is 30.7 Å². The van der Waals surface area contributed by atoms with Crippen LogP contribution in [0.1, 0.15) is 29.8 Å². The van der Waals surface area contributed by atoms with Gasteiger partial charge in [0.25, 0.3) is 5.91 Å². The predicted molar refractivity (Wildman–Crippen MR) is 81.1 cm³/mol. The Morgan fingerprint density at radius 1 is 1.25 bits per heavy atom. The lowest BCUT2D eigenvalue weighted by Crippen LogP contribution is -2.38. The van der Waals surface area contributed by atoms with Crippen LogP contribution in [0.25, 0.3) is 10.9 Å². The molecule has 0 aliphatic heterocycles. The largest absolute Gasteiger partial charge is 0.348 e. The smallest absolute Gasteiger partial charge is 0.270 e. The highest BCUT2D eigenvalue weighted by atomic mass is 35.5. The number of carbonyl (C=O) groups excluding carboxylic acids is 1. The first-order chi connectivity index (χ1) is 9.78. The molecule has 2 aromatic rings. The molecular formula is C16H17ClN2O. The first kappa shape index (κ1) is 13.4. The van der Waals surface area contributed by atoms with E-state index in [0.717, 1.165) is 30.2 Å². The number of fused-ring (bicyclic) bond motifs is 1. The lowest BCUT2D eigenvalue weighted by Gasteiger charge is -2.18. The van der Waals surface area contributed by atoms with E-state index < -0.39 is 0 Å². The van der Waals surface area contributed by atoms with E-state index in [-0.39, 0.29) is 11.9 Å². The molecule has 2 atom stereocenters. The van der Waals surface area contributed by atoms with Crippen molar-refractivity contribution >= 4 is 28.4 Å². The fourth-order valence-corrected chi connectivity index (χ4v) is 3.22. The van der Waals surface area contributed by atoms with Crippen molar-refractivity contribution in [3.63, 3.8) is 0 Å². The Labute approximate surface area is 123 Å². The van der Waals surface area contributed by atoms with Gasteiger partial charge in [-0.15, -0.1) is 11.6 Å². The minimum atomic E-state index is -0.0993. The number of rotatable bonds is 3. The topological polar surface area (TPSA) is 42.0 Å². The van der Waals surface area contributed by atoms with Gasteiger partial charge in [-0.25, -0.2) is 4.98 Å². The van der Waals surface area contributed by atoms with Gasteiger partial charge in [-0.05, 0) is 30.9 Å². The van der Waals surface area contributed by atoms with Crippen LogP contribution in [0.2, 0.25) is 0 Å². The fourth-order valence-electron chi connectivity index (χ4n) is 2.85.